The highest BCUT2D eigenvalue weighted by Gasteiger charge is 2.44. The molecule has 1 aliphatic rings. The zero-order valence-corrected chi connectivity index (χ0v) is 46.8. The van der Waals surface area contributed by atoms with Crippen molar-refractivity contribution in [3.8, 4) is 21.7 Å². The first-order chi connectivity index (χ1) is 37.2. The molecule has 1 saturated heterocycles. The molecular formula is C56H67N9O10S3. The predicted octanol–water partition coefficient (Wildman–Crippen LogP) is 6.68. The van der Waals surface area contributed by atoms with Crippen molar-refractivity contribution in [2.24, 2.45) is 5.41 Å². The van der Waals surface area contributed by atoms with E-state index in [0.717, 1.165) is 69.4 Å². The van der Waals surface area contributed by atoms with Crippen LogP contribution in [0.15, 0.2) is 108 Å². The molecule has 6 aromatic rings. The fraction of sp³-hybridized carbons (Fsp3) is 0.393. The number of anilines is 1. The van der Waals surface area contributed by atoms with Gasteiger partial charge in [0.05, 0.1) is 52.9 Å². The van der Waals surface area contributed by atoms with E-state index >= 15 is 0 Å². The molecule has 0 spiro atoms. The first-order valence-electron chi connectivity index (χ1n) is 25.7. The third-order valence-electron chi connectivity index (χ3n) is 13.1. The number of carbonyl (C=O) groups is 6. The second-order valence-corrected chi connectivity index (χ2v) is 23.9. The molecule has 6 N–H and O–H groups in total. The number of aromatic nitrogens is 3. The number of hydrogen-bond acceptors (Lipinski definition) is 14. The Kier molecular flexibility index (Phi) is 20.3. The van der Waals surface area contributed by atoms with Crippen LogP contribution in [0.2, 0.25) is 0 Å². The zero-order valence-electron chi connectivity index (χ0n) is 44.3. The molecule has 414 valence electrons. The van der Waals surface area contributed by atoms with Gasteiger partial charge in [-0.15, -0.1) is 22.7 Å². The number of hydrogen-bond donors (Lipinski definition) is 6. The number of aryl methyl sites for hydroxylation is 1. The van der Waals surface area contributed by atoms with Crippen molar-refractivity contribution in [1.82, 2.24) is 40.1 Å². The quantitative estimate of drug-likeness (QED) is 0.0328. The molecule has 1 fully saturated rings. The number of benzene rings is 3. The summed E-state index contributed by atoms with van der Waals surface area (Å²) in [5, 5.41) is 26.9. The lowest BCUT2D eigenvalue weighted by Gasteiger charge is -2.35. The van der Waals surface area contributed by atoms with Crippen LogP contribution in [0.25, 0.3) is 21.7 Å². The van der Waals surface area contributed by atoms with E-state index in [0.29, 0.717) is 34.9 Å². The van der Waals surface area contributed by atoms with E-state index in [-0.39, 0.29) is 62.4 Å². The SMILES string of the molecule is Cc1ncsc1-c1ccc(CNC(=O)[C@@H]2C[C@@H](O)CN2C(=O)[C@@H](NC(=O)CCCCCCCNC(=O)c2ccc(COC[C@H](NC(=O)c3ccn(S(C)(=O)=O)c3)C(=O)Nc3nc(-c4ccccc4)cs3)cc2)C(C)(C)C)cc1. The fourth-order valence-corrected chi connectivity index (χ4v) is 10.8. The van der Waals surface area contributed by atoms with E-state index in [4.69, 9.17) is 4.74 Å². The van der Waals surface area contributed by atoms with Crippen molar-refractivity contribution in [1.29, 1.82) is 0 Å². The van der Waals surface area contributed by atoms with Crippen LogP contribution in [0.1, 0.15) is 103 Å². The van der Waals surface area contributed by atoms with Gasteiger partial charge in [-0.3, -0.25) is 32.7 Å². The summed E-state index contributed by atoms with van der Waals surface area (Å²) in [5.74, 6) is -2.57. The van der Waals surface area contributed by atoms with Gasteiger partial charge in [0, 0.05) is 61.4 Å². The lowest BCUT2D eigenvalue weighted by molar-refractivity contribution is -0.144. The first-order valence-corrected chi connectivity index (χ1v) is 29.4. The van der Waals surface area contributed by atoms with E-state index in [1.54, 1.807) is 46.5 Å². The van der Waals surface area contributed by atoms with Crippen LogP contribution < -0.4 is 26.6 Å². The maximum atomic E-state index is 14.0. The third kappa shape index (κ3) is 16.5. The Morgan fingerprint density at radius 3 is 2.21 bits per heavy atom. The number of β-amino-alcohol motifs (C(OH)–C–C–N with tert-alkyl or cyclic N) is 1. The number of amides is 6. The minimum absolute atomic E-state index is 0.00977. The van der Waals surface area contributed by atoms with Gasteiger partial charge < -0.3 is 41.3 Å². The molecular weight excluding hydrogens is 1050 g/mol. The number of rotatable bonds is 25. The smallest absolute Gasteiger partial charge is 0.253 e. The van der Waals surface area contributed by atoms with E-state index < -0.39 is 57.4 Å². The van der Waals surface area contributed by atoms with Crippen molar-refractivity contribution in [3.63, 3.8) is 0 Å². The number of likely N-dealkylation sites (tertiary alicyclic amines) is 1. The third-order valence-corrected chi connectivity index (χ3v) is 15.8. The minimum Gasteiger partial charge on any atom is -0.391 e. The summed E-state index contributed by atoms with van der Waals surface area (Å²) in [6, 6.07) is 22.4. The number of aliphatic hydroxyl groups is 1. The molecule has 4 atom stereocenters. The normalized spacial score (nSPS) is 15.3. The summed E-state index contributed by atoms with van der Waals surface area (Å²) in [4.78, 5) is 91.8. The zero-order chi connectivity index (χ0) is 56.0. The van der Waals surface area contributed by atoms with Gasteiger partial charge in [-0.2, -0.15) is 0 Å². The van der Waals surface area contributed by atoms with E-state index in [1.165, 1.54) is 28.5 Å². The molecule has 0 radical (unpaired) electrons. The van der Waals surface area contributed by atoms with Gasteiger partial charge in [-0.25, -0.2) is 18.4 Å². The molecule has 22 heteroatoms. The second kappa shape index (κ2) is 27.0. The minimum atomic E-state index is -3.64. The van der Waals surface area contributed by atoms with Crippen molar-refractivity contribution in [2.45, 2.75) is 110 Å². The van der Waals surface area contributed by atoms with Crippen LogP contribution in [-0.4, -0.2) is 118 Å². The molecule has 1 aliphatic heterocycles. The highest BCUT2D eigenvalue weighted by Crippen LogP contribution is 2.29. The number of aliphatic hydroxyl groups excluding tert-OH is 1. The average molecular weight is 1120 g/mol. The van der Waals surface area contributed by atoms with Crippen LogP contribution >= 0.6 is 22.7 Å². The number of ether oxygens (including phenoxy) is 1. The number of carbonyl (C=O) groups excluding carboxylic acids is 6. The Labute approximate surface area is 462 Å². The van der Waals surface area contributed by atoms with E-state index in [9.17, 15) is 42.3 Å². The first kappa shape index (κ1) is 58.6. The summed E-state index contributed by atoms with van der Waals surface area (Å²) in [6.07, 6.45) is 6.60. The summed E-state index contributed by atoms with van der Waals surface area (Å²) in [7, 11) is -3.64. The second-order valence-electron chi connectivity index (χ2n) is 20.3. The van der Waals surface area contributed by atoms with Crippen molar-refractivity contribution in [3.05, 3.63) is 136 Å². The van der Waals surface area contributed by atoms with E-state index in [1.807, 2.05) is 82.3 Å². The molecule has 4 heterocycles. The standard InChI is InChI=1S/C56H67N9O10S3/c1-36-48(77-35-59-36)40-21-17-37(18-22-40)29-58-53(71)46-28-43(66)31-65(46)54(72)49(56(2,3)4)62-47(67)16-12-7-6-8-13-26-57-50(68)41-23-19-38(20-24-41)32-75-33-44(60-51(69)42-25-27-64(30-42)78(5,73)74)52(70)63-55-61-45(34-76-55)39-14-10-9-11-15-39/h9-11,14-15,17-25,27,30,34-35,43-44,46,49,66H,6-8,12-13,16,26,28-29,31-33H2,1-5H3,(H,57,68)(H,58,71)(H,60,69)(H,62,67)(H,61,63,70)/t43-,44+,46+,49-/m1/s1. The average Bonchev–Trinajstić information content (AvgIpc) is 4.27. The van der Waals surface area contributed by atoms with Crippen LogP contribution in [0.5, 0.6) is 0 Å². The maximum absolute atomic E-state index is 14.0. The molecule has 0 unspecified atom stereocenters. The van der Waals surface area contributed by atoms with Gasteiger partial charge in [0.1, 0.15) is 18.1 Å². The summed E-state index contributed by atoms with van der Waals surface area (Å²) in [5.41, 5.74) is 6.74. The number of nitrogens with zero attached hydrogens (tertiary/aromatic N) is 4. The molecule has 0 saturated carbocycles. The molecule has 19 nitrogen and oxygen atoms in total. The highest BCUT2D eigenvalue weighted by molar-refractivity contribution is 7.89. The molecule has 78 heavy (non-hydrogen) atoms. The Bertz CT molecular complexity index is 3130. The topological polar surface area (TPSA) is 260 Å². The van der Waals surface area contributed by atoms with Gasteiger partial charge in [0.15, 0.2) is 5.13 Å². The van der Waals surface area contributed by atoms with Gasteiger partial charge in [-0.05, 0) is 60.1 Å². The fourth-order valence-electron chi connectivity index (χ4n) is 8.71. The van der Waals surface area contributed by atoms with Crippen LogP contribution in [0.4, 0.5) is 5.13 Å². The molecule has 0 bridgehead atoms. The van der Waals surface area contributed by atoms with Crippen LogP contribution in [0, 0.1) is 12.3 Å². The van der Waals surface area contributed by atoms with Crippen molar-refractivity contribution >= 4 is 73.3 Å². The van der Waals surface area contributed by atoms with Crippen LogP contribution in [0.3, 0.4) is 0 Å². The lowest BCUT2D eigenvalue weighted by Crippen LogP contribution is -2.57. The maximum Gasteiger partial charge on any atom is 0.253 e. The van der Waals surface area contributed by atoms with Crippen molar-refractivity contribution < 1.29 is 47.0 Å². The molecule has 3 aromatic carbocycles. The number of unbranched alkanes of at least 4 members (excludes halogenated alkanes) is 4. The number of nitrogens with one attached hydrogen (secondary N) is 5. The van der Waals surface area contributed by atoms with Gasteiger partial charge in [0.25, 0.3) is 17.7 Å². The Hall–Kier alpha value is -7.11. The Morgan fingerprint density at radius 2 is 1.53 bits per heavy atom. The molecule has 6 amide bonds. The summed E-state index contributed by atoms with van der Waals surface area (Å²) >= 11 is 2.78. The predicted molar refractivity (Wildman–Crippen MR) is 300 cm³/mol. The van der Waals surface area contributed by atoms with Gasteiger partial charge in [0.2, 0.25) is 27.7 Å². The lowest BCUT2D eigenvalue weighted by atomic mass is 9.85. The largest absolute Gasteiger partial charge is 0.391 e. The Balaban J connectivity index is 0.801. The highest BCUT2D eigenvalue weighted by atomic mass is 32.2. The van der Waals surface area contributed by atoms with E-state index in [2.05, 4.69) is 36.6 Å². The van der Waals surface area contributed by atoms with Gasteiger partial charge >= 0.3 is 0 Å². The van der Waals surface area contributed by atoms with Crippen LogP contribution in [-0.2, 0) is 47.1 Å². The molecule has 0 aliphatic carbocycles. The summed E-state index contributed by atoms with van der Waals surface area (Å²) in [6.45, 7) is 8.03. The Morgan fingerprint density at radius 1 is 0.821 bits per heavy atom. The molecule has 7 rings (SSSR count). The number of thiazole rings is 2. The monoisotopic (exact) mass is 1120 g/mol. The summed E-state index contributed by atoms with van der Waals surface area (Å²) < 4.78 is 30.8. The van der Waals surface area contributed by atoms with Gasteiger partial charge in [-0.1, -0.05) is 107 Å². The van der Waals surface area contributed by atoms with Crippen molar-refractivity contribution in [2.75, 3.05) is 31.3 Å². The molecule has 3 aromatic heterocycles.